The van der Waals surface area contributed by atoms with Gasteiger partial charge >= 0.3 is 0 Å². The van der Waals surface area contributed by atoms with Crippen molar-refractivity contribution >= 4 is 5.91 Å². The maximum Gasteiger partial charge on any atom is 0.273 e. The summed E-state index contributed by atoms with van der Waals surface area (Å²) in [5.41, 5.74) is 0.468. The first-order valence-corrected chi connectivity index (χ1v) is 6.47. The molecule has 0 saturated carbocycles. The highest BCUT2D eigenvalue weighted by molar-refractivity contribution is 5.92. The van der Waals surface area contributed by atoms with Crippen LogP contribution in [0, 0.1) is 0 Å². The second kappa shape index (κ2) is 5.38. The SMILES string of the molecule is COc1cccc(C(=O)N2[C@H](C)CCC[C@@H]2C)n1. The topological polar surface area (TPSA) is 42.4 Å². The third kappa shape index (κ3) is 2.47. The first-order chi connectivity index (χ1) is 8.63. The van der Waals surface area contributed by atoms with E-state index in [4.69, 9.17) is 4.74 Å². The highest BCUT2D eigenvalue weighted by Gasteiger charge is 2.30. The van der Waals surface area contributed by atoms with Gasteiger partial charge in [-0.15, -0.1) is 0 Å². The van der Waals surface area contributed by atoms with Crippen LogP contribution < -0.4 is 4.74 Å². The van der Waals surface area contributed by atoms with Crippen molar-refractivity contribution in [3.05, 3.63) is 23.9 Å². The molecular weight excluding hydrogens is 228 g/mol. The summed E-state index contributed by atoms with van der Waals surface area (Å²) >= 11 is 0. The zero-order chi connectivity index (χ0) is 13.1. The number of piperidine rings is 1. The molecule has 2 rings (SSSR count). The third-order valence-electron chi connectivity index (χ3n) is 3.58. The Bertz CT molecular complexity index is 424. The molecule has 0 N–H and O–H groups in total. The molecule has 18 heavy (non-hydrogen) atoms. The molecule has 1 aromatic rings. The van der Waals surface area contributed by atoms with Crippen molar-refractivity contribution in [3.8, 4) is 5.88 Å². The Morgan fingerprint density at radius 2 is 2.00 bits per heavy atom. The zero-order valence-corrected chi connectivity index (χ0v) is 11.2. The molecule has 1 aliphatic rings. The molecule has 1 amide bonds. The minimum absolute atomic E-state index is 0.00796. The quantitative estimate of drug-likeness (QED) is 0.807. The number of hydrogen-bond acceptors (Lipinski definition) is 3. The van der Waals surface area contributed by atoms with Crippen molar-refractivity contribution in [1.29, 1.82) is 0 Å². The van der Waals surface area contributed by atoms with E-state index in [0.29, 0.717) is 11.6 Å². The van der Waals surface area contributed by atoms with Crippen LogP contribution in [0.25, 0.3) is 0 Å². The van der Waals surface area contributed by atoms with Gasteiger partial charge in [0, 0.05) is 18.2 Å². The van der Waals surface area contributed by atoms with Gasteiger partial charge in [0.25, 0.3) is 5.91 Å². The van der Waals surface area contributed by atoms with Gasteiger partial charge in [-0.25, -0.2) is 4.98 Å². The van der Waals surface area contributed by atoms with E-state index in [0.717, 1.165) is 12.8 Å². The number of likely N-dealkylation sites (tertiary alicyclic amines) is 1. The minimum atomic E-state index is 0.00796. The third-order valence-corrected chi connectivity index (χ3v) is 3.58. The minimum Gasteiger partial charge on any atom is -0.481 e. The molecule has 1 fully saturated rings. The van der Waals surface area contributed by atoms with Gasteiger partial charge in [0.05, 0.1) is 7.11 Å². The van der Waals surface area contributed by atoms with Gasteiger partial charge < -0.3 is 9.64 Å². The number of rotatable bonds is 2. The fourth-order valence-electron chi connectivity index (χ4n) is 2.60. The number of amides is 1. The lowest BCUT2D eigenvalue weighted by Gasteiger charge is -2.38. The molecular formula is C14H20N2O2. The largest absolute Gasteiger partial charge is 0.481 e. The van der Waals surface area contributed by atoms with Crippen LogP contribution in [-0.2, 0) is 0 Å². The van der Waals surface area contributed by atoms with Crippen LogP contribution in [0.3, 0.4) is 0 Å². The van der Waals surface area contributed by atoms with E-state index < -0.39 is 0 Å². The van der Waals surface area contributed by atoms with E-state index in [2.05, 4.69) is 18.8 Å². The van der Waals surface area contributed by atoms with E-state index >= 15 is 0 Å². The molecule has 4 heteroatoms. The van der Waals surface area contributed by atoms with E-state index in [1.54, 1.807) is 25.3 Å². The molecule has 0 bridgehead atoms. The summed E-state index contributed by atoms with van der Waals surface area (Å²) in [6.45, 7) is 4.21. The number of aromatic nitrogens is 1. The summed E-state index contributed by atoms with van der Waals surface area (Å²) in [6.07, 6.45) is 3.33. The monoisotopic (exact) mass is 248 g/mol. The number of nitrogens with zero attached hydrogens (tertiary/aromatic N) is 2. The Labute approximate surface area is 108 Å². The number of ether oxygens (including phenoxy) is 1. The van der Waals surface area contributed by atoms with Crippen LogP contribution in [0.1, 0.15) is 43.6 Å². The molecule has 0 radical (unpaired) electrons. The van der Waals surface area contributed by atoms with Crippen LogP contribution in [0.5, 0.6) is 5.88 Å². The average Bonchev–Trinajstić information content (AvgIpc) is 2.38. The van der Waals surface area contributed by atoms with E-state index in [9.17, 15) is 4.79 Å². The Kier molecular flexibility index (Phi) is 3.84. The van der Waals surface area contributed by atoms with Crippen LogP contribution in [0.15, 0.2) is 18.2 Å². The number of methoxy groups -OCH3 is 1. The van der Waals surface area contributed by atoms with Gasteiger partial charge in [-0.2, -0.15) is 0 Å². The Morgan fingerprint density at radius 3 is 2.61 bits per heavy atom. The van der Waals surface area contributed by atoms with Gasteiger partial charge in [0.15, 0.2) is 0 Å². The molecule has 2 heterocycles. The second-order valence-electron chi connectivity index (χ2n) is 4.91. The highest BCUT2D eigenvalue weighted by atomic mass is 16.5. The van der Waals surface area contributed by atoms with Crippen LogP contribution in [0.4, 0.5) is 0 Å². The average molecular weight is 248 g/mol. The molecule has 1 aliphatic heterocycles. The summed E-state index contributed by atoms with van der Waals surface area (Å²) in [5.74, 6) is 0.492. The number of carbonyl (C=O) groups excluding carboxylic acids is 1. The lowest BCUT2D eigenvalue weighted by molar-refractivity contribution is 0.0504. The van der Waals surface area contributed by atoms with Crippen LogP contribution in [-0.4, -0.2) is 35.0 Å². The highest BCUT2D eigenvalue weighted by Crippen LogP contribution is 2.24. The van der Waals surface area contributed by atoms with Crippen molar-refractivity contribution in [1.82, 2.24) is 9.88 Å². The predicted molar refractivity (Wildman–Crippen MR) is 69.7 cm³/mol. The first kappa shape index (κ1) is 12.9. The Morgan fingerprint density at radius 1 is 1.33 bits per heavy atom. The van der Waals surface area contributed by atoms with Crippen molar-refractivity contribution < 1.29 is 9.53 Å². The summed E-state index contributed by atoms with van der Waals surface area (Å²) < 4.78 is 5.06. The lowest BCUT2D eigenvalue weighted by atomic mass is 9.97. The molecule has 0 aromatic carbocycles. The maximum atomic E-state index is 12.5. The molecule has 2 atom stereocenters. The van der Waals surface area contributed by atoms with E-state index in [1.807, 2.05) is 4.90 Å². The fourth-order valence-corrected chi connectivity index (χ4v) is 2.60. The molecule has 0 spiro atoms. The van der Waals surface area contributed by atoms with Gasteiger partial charge in [0.1, 0.15) is 5.69 Å². The normalized spacial score (nSPS) is 23.8. The van der Waals surface area contributed by atoms with Gasteiger partial charge in [-0.1, -0.05) is 6.07 Å². The van der Waals surface area contributed by atoms with Gasteiger partial charge in [0.2, 0.25) is 5.88 Å². The number of carbonyl (C=O) groups is 1. The molecule has 0 unspecified atom stereocenters. The summed E-state index contributed by atoms with van der Waals surface area (Å²) in [4.78, 5) is 18.7. The smallest absolute Gasteiger partial charge is 0.273 e. The molecule has 4 nitrogen and oxygen atoms in total. The molecule has 98 valence electrons. The predicted octanol–water partition coefficient (Wildman–Crippen LogP) is 2.49. The number of hydrogen-bond donors (Lipinski definition) is 0. The standard InChI is InChI=1S/C14H20N2O2/c1-10-6-4-7-11(2)16(10)14(17)12-8-5-9-13(15-12)18-3/h5,8-11H,4,6-7H2,1-3H3/t10-,11+. The van der Waals surface area contributed by atoms with E-state index in [1.165, 1.54) is 6.42 Å². The van der Waals surface area contributed by atoms with Gasteiger partial charge in [-0.05, 0) is 39.2 Å². The Hall–Kier alpha value is -1.58. The molecule has 1 saturated heterocycles. The lowest BCUT2D eigenvalue weighted by Crippen LogP contribution is -2.47. The van der Waals surface area contributed by atoms with Crippen molar-refractivity contribution in [2.24, 2.45) is 0 Å². The molecule has 0 aliphatic carbocycles. The maximum absolute atomic E-state index is 12.5. The van der Waals surface area contributed by atoms with E-state index in [-0.39, 0.29) is 18.0 Å². The second-order valence-corrected chi connectivity index (χ2v) is 4.91. The fraction of sp³-hybridized carbons (Fsp3) is 0.571. The van der Waals surface area contributed by atoms with Crippen molar-refractivity contribution in [3.63, 3.8) is 0 Å². The van der Waals surface area contributed by atoms with Crippen molar-refractivity contribution in [2.75, 3.05) is 7.11 Å². The zero-order valence-electron chi connectivity index (χ0n) is 11.2. The molecule has 1 aromatic heterocycles. The Balaban J connectivity index is 2.23. The summed E-state index contributed by atoms with van der Waals surface area (Å²) in [6, 6.07) is 5.88. The number of pyridine rings is 1. The van der Waals surface area contributed by atoms with Crippen LogP contribution in [0.2, 0.25) is 0 Å². The van der Waals surface area contributed by atoms with Gasteiger partial charge in [-0.3, -0.25) is 4.79 Å². The van der Waals surface area contributed by atoms with Crippen LogP contribution >= 0.6 is 0 Å². The summed E-state index contributed by atoms with van der Waals surface area (Å²) in [7, 11) is 1.56. The van der Waals surface area contributed by atoms with Crippen molar-refractivity contribution in [2.45, 2.75) is 45.2 Å². The first-order valence-electron chi connectivity index (χ1n) is 6.47. The summed E-state index contributed by atoms with van der Waals surface area (Å²) in [5, 5.41) is 0.